The van der Waals surface area contributed by atoms with Gasteiger partial charge in [0.1, 0.15) is 17.5 Å². The normalized spacial score (nSPS) is 13.0. The topological polar surface area (TPSA) is 50.7 Å². The molecule has 136 valence electrons. The number of alkyl halides is 3. The summed E-state index contributed by atoms with van der Waals surface area (Å²) < 4.78 is 53.8. The minimum atomic E-state index is -4.76. The van der Waals surface area contributed by atoms with Crippen LogP contribution in [0.4, 0.5) is 23.4 Å². The standard InChI is InChI=1S/C17H13BrF4N4/c1-8(11-4-3-5-13(14(11)19)17(20,21)22)24-16-12-6-10(18)7-23-15(12)25-9(2)26-16/h3-8H,1-2H3,(H,23,24,25,26). The first-order chi connectivity index (χ1) is 12.2. The summed E-state index contributed by atoms with van der Waals surface area (Å²) in [5, 5.41) is 3.54. The van der Waals surface area contributed by atoms with Gasteiger partial charge in [0.05, 0.1) is 17.0 Å². The van der Waals surface area contributed by atoms with Crippen LogP contribution in [0.5, 0.6) is 0 Å². The maximum absolute atomic E-state index is 14.4. The minimum absolute atomic E-state index is 0.104. The van der Waals surface area contributed by atoms with Gasteiger partial charge in [-0.05, 0) is 41.9 Å². The summed E-state index contributed by atoms with van der Waals surface area (Å²) in [6.07, 6.45) is -3.18. The summed E-state index contributed by atoms with van der Waals surface area (Å²) in [7, 11) is 0. The highest BCUT2D eigenvalue weighted by atomic mass is 79.9. The number of rotatable bonds is 3. The largest absolute Gasteiger partial charge is 0.419 e. The fourth-order valence-electron chi connectivity index (χ4n) is 2.59. The van der Waals surface area contributed by atoms with E-state index in [1.54, 1.807) is 26.1 Å². The zero-order valence-electron chi connectivity index (χ0n) is 13.7. The Morgan fingerprint density at radius 3 is 2.62 bits per heavy atom. The number of hydrogen-bond donors (Lipinski definition) is 1. The Kier molecular flexibility index (Phi) is 4.83. The van der Waals surface area contributed by atoms with Crippen molar-refractivity contribution >= 4 is 32.8 Å². The second-order valence-corrected chi connectivity index (χ2v) is 6.63. The van der Waals surface area contributed by atoms with E-state index in [2.05, 4.69) is 36.2 Å². The summed E-state index contributed by atoms with van der Waals surface area (Å²) in [5.74, 6) is -0.494. The lowest BCUT2D eigenvalue weighted by molar-refractivity contribution is -0.140. The minimum Gasteiger partial charge on any atom is -0.363 e. The average Bonchev–Trinajstić information content (AvgIpc) is 2.54. The molecule has 0 aliphatic rings. The summed E-state index contributed by atoms with van der Waals surface area (Å²) in [4.78, 5) is 12.7. The van der Waals surface area contributed by atoms with Gasteiger partial charge in [-0.25, -0.2) is 19.3 Å². The van der Waals surface area contributed by atoms with Gasteiger partial charge in [0, 0.05) is 16.2 Å². The molecule has 0 aliphatic carbocycles. The van der Waals surface area contributed by atoms with Gasteiger partial charge in [-0.2, -0.15) is 13.2 Å². The second-order valence-electron chi connectivity index (χ2n) is 5.72. The molecule has 9 heteroatoms. The molecular formula is C17H13BrF4N4. The molecule has 0 saturated heterocycles. The number of hydrogen-bond acceptors (Lipinski definition) is 4. The van der Waals surface area contributed by atoms with E-state index in [1.807, 2.05) is 0 Å². The Morgan fingerprint density at radius 2 is 1.92 bits per heavy atom. The highest BCUT2D eigenvalue weighted by Crippen LogP contribution is 2.35. The summed E-state index contributed by atoms with van der Waals surface area (Å²) in [6, 6.07) is 4.19. The lowest BCUT2D eigenvalue weighted by Crippen LogP contribution is -2.15. The van der Waals surface area contributed by atoms with E-state index in [0.29, 0.717) is 27.1 Å². The first-order valence-corrected chi connectivity index (χ1v) is 8.38. The Balaban J connectivity index is 2.03. The van der Waals surface area contributed by atoms with Crippen LogP contribution in [0, 0.1) is 12.7 Å². The highest BCUT2D eigenvalue weighted by Gasteiger charge is 2.35. The van der Waals surface area contributed by atoms with Gasteiger partial charge in [-0.1, -0.05) is 12.1 Å². The molecule has 1 N–H and O–H groups in total. The van der Waals surface area contributed by atoms with Crippen LogP contribution in [0.3, 0.4) is 0 Å². The van der Waals surface area contributed by atoms with E-state index in [1.165, 1.54) is 12.1 Å². The molecule has 2 aromatic heterocycles. The van der Waals surface area contributed by atoms with Gasteiger partial charge in [-0.3, -0.25) is 0 Å². The monoisotopic (exact) mass is 428 g/mol. The molecular weight excluding hydrogens is 416 g/mol. The van der Waals surface area contributed by atoms with Crippen molar-refractivity contribution in [2.75, 3.05) is 5.32 Å². The second kappa shape index (κ2) is 6.79. The Morgan fingerprint density at radius 1 is 1.19 bits per heavy atom. The number of benzene rings is 1. The lowest BCUT2D eigenvalue weighted by atomic mass is 10.0. The van der Waals surface area contributed by atoms with E-state index >= 15 is 0 Å². The predicted molar refractivity (Wildman–Crippen MR) is 93.2 cm³/mol. The molecule has 3 rings (SSSR count). The van der Waals surface area contributed by atoms with Crippen molar-refractivity contribution in [3.8, 4) is 0 Å². The molecule has 0 bridgehead atoms. The zero-order valence-corrected chi connectivity index (χ0v) is 15.3. The van der Waals surface area contributed by atoms with Crippen LogP contribution in [0.2, 0.25) is 0 Å². The van der Waals surface area contributed by atoms with Crippen molar-refractivity contribution in [2.45, 2.75) is 26.1 Å². The fraction of sp³-hybridized carbons (Fsp3) is 0.235. The number of nitrogens with one attached hydrogen (secondary N) is 1. The predicted octanol–water partition coefficient (Wildman–Crippen LogP) is 5.43. The van der Waals surface area contributed by atoms with E-state index < -0.39 is 23.6 Å². The molecule has 1 atom stereocenters. The molecule has 2 heterocycles. The highest BCUT2D eigenvalue weighted by molar-refractivity contribution is 9.10. The number of nitrogens with zero attached hydrogens (tertiary/aromatic N) is 3. The molecule has 0 amide bonds. The maximum atomic E-state index is 14.4. The van der Waals surface area contributed by atoms with E-state index in [9.17, 15) is 17.6 Å². The average molecular weight is 429 g/mol. The van der Waals surface area contributed by atoms with Crippen LogP contribution in [0.25, 0.3) is 11.0 Å². The smallest absolute Gasteiger partial charge is 0.363 e. The number of anilines is 1. The summed E-state index contributed by atoms with van der Waals surface area (Å²) in [5.41, 5.74) is -0.969. The molecule has 1 aromatic carbocycles. The van der Waals surface area contributed by atoms with Gasteiger partial charge in [0.25, 0.3) is 0 Å². The number of aryl methyl sites for hydroxylation is 1. The molecule has 1 unspecified atom stereocenters. The Bertz CT molecular complexity index is 975. The Hall–Kier alpha value is -2.29. The van der Waals surface area contributed by atoms with Gasteiger partial charge in [0.15, 0.2) is 5.65 Å². The summed E-state index contributed by atoms with van der Waals surface area (Å²) >= 11 is 3.31. The van der Waals surface area contributed by atoms with Gasteiger partial charge in [-0.15, -0.1) is 0 Å². The quantitative estimate of drug-likeness (QED) is 0.565. The molecule has 4 nitrogen and oxygen atoms in total. The van der Waals surface area contributed by atoms with Crippen molar-refractivity contribution < 1.29 is 17.6 Å². The van der Waals surface area contributed by atoms with Crippen molar-refractivity contribution in [3.05, 3.63) is 57.7 Å². The van der Waals surface area contributed by atoms with E-state index in [0.717, 1.165) is 6.07 Å². The number of halogens is 5. The maximum Gasteiger partial charge on any atom is 0.419 e. The molecule has 0 saturated carbocycles. The number of pyridine rings is 1. The fourth-order valence-corrected chi connectivity index (χ4v) is 2.92. The van der Waals surface area contributed by atoms with Crippen LogP contribution in [-0.2, 0) is 6.18 Å². The Labute approximate surface area is 154 Å². The van der Waals surface area contributed by atoms with Crippen molar-refractivity contribution in [1.29, 1.82) is 0 Å². The third kappa shape index (κ3) is 3.62. The van der Waals surface area contributed by atoms with Crippen molar-refractivity contribution in [1.82, 2.24) is 15.0 Å². The molecule has 26 heavy (non-hydrogen) atoms. The van der Waals surface area contributed by atoms with E-state index in [4.69, 9.17) is 0 Å². The zero-order chi connectivity index (χ0) is 19.1. The molecule has 0 radical (unpaired) electrons. The molecule has 0 fully saturated rings. The molecule has 0 aliphatic heterocycles. The lowest BCUT2D eigenvalue weighted by Gasteiger charge is -2.19. The molecule has 3 aromatic rings. The van der Waals surface area contributed by atoms with Crippen molar-refractivity contribution in [3.63, 3.8) is 0 Å². The van der Waals surface area contributed by atoms with Crippen LogP contribution in [-0.4, -0.2) is 15.0 Å². The van der Waals surface area contributed by atoms with Crippen LogP contribution in [0.15, 0.2) is 34.9 Å². The van der Waals surface area contributed by atoms with Crippen LogP contribution in [0.1, 0.15) is 29.9 Å². The van der Waals surface area contributed by atoms with Gasteiger partial charge < -0.3 is 5.32 Å². The van der Waals surface area contributed by atoms with Crippen molar-refractivity contribution in [2.24, 2.45) is 0 Å². The van der Waals surface area contributed by atoms with E-state index in [-0.39, 0.29) is 5.56 Å². The first kappa shape index (κ1) is 18.5. The third-order valence-electron chi connectivity index (χ3n) is 3.78. The third-order valence-corrected chi connectivity index (χ3v) is 4.22. The van der Waals surface area contributed by atoms with Crippen LogP contribution < -0.4 is 5.32 Å². The number of fused-ring (bicyclic) bond motifs is 1. The first-order valence-electron chi connectivity index (χ1n) is 7.59. The number of aromatic nitrogens is 3. The van der Waals surface area contributed by atoms with Gasteiger partial charge >= 0.3 is 6.18 Å². The van der Waals surface area contributed by atoms with Gasteiger partial charge in [0.2, 0.25) is 0 Å². The molecule has 0 spiro atoms. The summed E-state index contributed by atoms with van der Waals surface area (Å²) in [6.45, 7) is 3.23. The van der Waals surface area contributed by atoms with Crippen LogP contribution >= 0.6 is 15.9 Å². The SMILES string of the molecule is Cc1nc(NC(C)c2cccc(C(F)(F)F)c2F)c2cc(Br)cnc2n1.